The number of nitrogens with one attached hydrogen (secondary N) is 2. The van der Waals surface area contributed by atoms with Crippen LogP contribution in [0, 0.1) is 12.8 Å². The zero-order valence-electron chi connectivity index (χ0n) is 17.1. The Labute approximate surface area is 172 Å². The Kier molecular flexibility index (Phi) is 5.97. The molecule has 1 aromatic carbocycles. The lowest BCUT2D eigenvalue weighted by Gasteiger charge is -2.33. The van der Waals surface area contributed by atoms with E-state index in [0.717, 1.165) is 42.5 Å². The van der Waals surface area contributed by atoms with E-state index in [9.17, 15) is 9.59 Å². The molecule has 4 rings (SSSR count). The van der Waals surface area contributed by atoms with Crippen LogP contribution in [0.5, 0.6) is 0 Å². The van der Waals surface area contributed by atoms with Crippen molar-refractivity contribution in [2.75, 3.05) is 13.1 Å². The van der Waals surface area contributed by atoms with Crippen molar-refractivity contribution in [2.24, 2.45) is 5.92 Å². The van der Waals surface area contributed by atoms with Crippen molar-refractivity contribution in [1.29, 1.82) is 0 Å². The van der Waals surface area contributed by atoms with Gasteiger partial charge in [0.25, 0.3) is 5.91 Å². The van der Waals surface area contributed by atoms with Crippen molar-refractivity contribution in [3.8, 4) is 11.3 Å². The van der Waals surface area contributed by atoms with Gasteiger partial charge in [-0.05, 0) is 44.2 Å². The quantitative estimate of drug-likeness (QED) is 0.830. The Morgan fingerprint density at radius 1 is 1.07 bits per heavy atom. The minimum atomic E-state index is -0.0191. The van der Waals surface area contributed by atoms with Crippen LogP contribution in [0.15, 0.2) is 30.3 Å². The maximum absolute atomic E-state index is 12.9. The Bertz CT molecular complexity index is 861. The standard InChI is InChI=1S/C23H30N4O2/c1-16-7-5-6-10-19(16)20-15-21(26-25-20)23(29)27-13-11-18(12-14-27)24-22(28)17-8-3-2-4-9-17/h5-7,10,15,17-18H,2-4,8-9,11-14H2,1H3,(H,24,28)(H,25,26). The van der Waals surface area contributed by atoms with E-state index in [4.69, 9.17) is 0 Å². The third kappa shape index (κ3) is 4.52. The number of hydrogen-bond acceptors (Lipinski definition) is 3. The number of aromatic nitrogens is 2. The number of likely N-dealkylation sites (tertiary alicyclic amines) is 1. The van der Waals surface area contributed by atoms with E-state index in [-0.39, 0.29) is 23.8 Å². The minimum absolute atomic E-state index is 0.0191. The first-order valence-corrected chi connectivity index (χ1v) is 10.8. The molecule has 0 atom stereocenters. The van der Waals surface area contributed by atoms with E-state index in [1.165, 1.54) is 19.3 Å². The molecule has 1 aliphatic heterocycles. The molecular formula is C23H30N4O2. The minimum Gasteiger partial charge on any atom is -0.353 e. The fourth-order valence-corrected chi connectivity index (χ4v) is 4.51. The molecule has 2 aromatic rings. The van der Waals surface area contributed by atoms with Crippen LogP contribution in [0.2, 0.25) is 0 Å². The number of piperidine rings is 1. The Balaban J connectivity index is 1.31. The number of H-pyrrole nitrogens is 1. The van der Waals surface area contributed by atoms with E-state index in [0.29, 0.717) is 18.8 Å². The van der Waals surface area contributed by atoms with Gasteiger partial charge in [0.05, 0.1) is 5.69 Å². The molecule has 2 aliphatic rings. The second-order valence-electron chi connectivity index (χ2n) is 8.39. The van der Waals surface area contributed by atoms with Gasteiger partial charge in [-0.3, -0.25) is 14.7 Å². The smallest absolute Gasteiger partial charge is 0.271 e. The molecule has 1 saturated heterocycles. The number of benzene rings is 1. The summed E-state index contributed by atoms with van der Waals surface area (Å²) in [5, 5.41) is 10.5. The number of carbonyl (C=O) groups is 2. The Morgan fingerprint density at radius 3 is 2.52 bits per heavy atom. The summed E-state index contributed by atoms with van der Waals surface area (Å²) in [6, 6.07) is 10.0. The van der Waals surface area contributed by atoms with E-state index in [1.807, 2.05) is 42.2 Å². The number of hydrogen-bond donors (Lipinski definition) is 2. The molecule has 0 unspecified atom stereocenters. The highest BCUT2D eigenvalue weighted by Gasteiger charge is 2.28. The van der Waals surface area contributed by atoms with Crippen molar-refractivity contribution in [2.45, 2.75) is 57.9 Å². The van der Waals surface area contributed by atoms with Gasteiger partial charge >= 0.3 is 0 Å². The summed E-state index contributed by atoms with van der Waals surface area (Å²) in [4.78, 5) is 27.2. The lowest BCUT2D eigenvalue weighted by molar-refractivity contribution is -0.126. The lowest BCUT2D eigenvalue weighted by atomic mass is 9.88. The molecule has 1 aliphatic carbocycles. The molecule has 6 nitrogen and oxygen atoms in total. The first-order valence-electron chi connectivity index (χ1n) is 10.8. The third-order valence-electron chi connectivity index (χ3n) is 6.33. The van der Waals surface area contributed by atoms with Gasteiger partial charge in [-0.15, -0.1) is 0 Å². The number of nitrogens with zero attached hydrogens (tertiary/aromatic N) is 2. The third-order valence-corrected chi connectivity index (χ3v) is 6.33. The molecule has 1 saturated carbocycles. The summed E-state index contributed by atoms with van der Waals surface area (Å²) in [6.45, 7) is 3.36. The van der Waals surface area contributed by atoms with Crippen LogP contribution < -0.4 is 5.32 Å². The van der Waals surface area contributed by atoms with Crippen molar-refractivity contribution < 1.29 is 9.59 Å². The van der Waals surface area contributed by atoms with E-state index < -0.39 is 0 Å². The van der Waals surface area contributed by atoms with Gasteiger partial charge in [-0.1, -0.05) is 43.5 Å². The van der Waals surface area contributed by atoms with Crippen LogP contribution in [0.25, 0.3) is 11.3 Å². The second-order valence-corrected chi connectivity index (χ2v) is 8.39. The molecule has 2 N–H and O–H groups in total. The molecule has 29 heavy (non-hydrogen) atoms. The van der Waals surface area contributed by atoms with Crippen LogP contribution in [0.3, 0.4) is 0 Å². The molecule has 6 heteroatoms. The Hall–Kier alpha value is -2.63. The molecule has 0 bridgehead atoms. The molecule has 154 valence electrons. The number of carbonyl (C=O) groups excluding carboxylic acids is 2. The highest BCUT2D eigenvalue weighted by atomic mass is 16.2. The van der Waals surface area contributed by atoms with Crippen LogP contribution in [0.1, 0.15) is 61.0 Å². The predicted molar refractivity (Wildman–Crippen MR) is 112 cm³/mol. The van der Waals surface area contributed by atoms with Gasteiger partial charge < -0.3 is 10.2 Å². The molecule has 2 fully saturated rings. The Morgan fingerprint density at radius 2 is 1.79 bits per heavy atom. The van der Waals surface area contributed by atoms with Gasteiger partial charge in [0.1, 0.15) is 5.69 Å². The molecule has 0 radical (unpaired) electrons. The summed E-state index contributed by atoms with van der Waals surface area (Å²) in [5.74, 6) is 0.383. The molecular weight excluding hydrogens is 364 g/mol. The number of amides is 2. The van der Waals surface area contributed by atoms with Crippen molar-refractivity contribution >= 4 is 11.8 Å². The summed E-state index contributed by atoms with van der Waals surface area (Å²) in [5.41, 5.74) is 3.48. The fraction of sp³-hybridized carbons (Fsp3) is 0.522. The van der Waals surface area contributed by atoms with Gasteiger partial charge in [0.15, 0.2) is 0 Å². The average molecular weight is 395 g/mol. The van der Waals surface area contributed by atoms with Crippen molar-refractivity contribution in [1.82, 2.24) is 20.4 Å². The first-order chi connectivity index (χ1) is 14.1. The van der Waals surface area contributed by atoms with Crippen LogP contribution in [0.4, 0.5) is 0 Å². The summed E-state index contributed by atoms with van der Waals surface area (Å²) < 4.78 is 0. The SMILES string of the molecule is Cc1ccccc1-c1cc(C(=O)N2CCC(NC(=O)C3CCCCC3)CC2)[nH]n1. The van der Waals surface area contributed by atoms with Gasteiger partial charge in [0, 0.05) is 30.6 Å². The molecule has 2 heterocycles. The van der Waals surface area contributed by atoms with Gasteiger partial charge in [-0.2, -0.15) is 5.10 Å². The largest absolute Gasteiger partial charge is 0.353 e. The van der Waals surface area contributed by atoms with E-state index in [2.05, 4.69) is 15.5 Å². The summed E-state index contributed by atoms with van der Waals surface area (Å²) >= 11 is 0. The molecule has 2 amide bonds. The average Bonchev–Trinajstić information content (AvgIpc) is 3.25. The molecule has 1 aromatic heterocycles. The maximum Gasteiger partial charge on any atom is 0.271 e. The van der Waals surface area contributed by atoms with Crippen LogP contribution >= 0.6 is 0 Å². The monoisotopic (exact) mass is 394 g/mol. The van der Waals surface area contributed by atoms with E-state index >= 15 is 0 Å². The second kappa shape index (κ2) is 8.80. The zero-order chi connectivity index (χ0) is 20.2. The van der Waals surface area contributed by atoms with Crippen LogP contribution in [-0.2, 0) is 4.79 Å². The normalized spacial score (nSPS) is 18.6. The topological polar surface area (TPSA) is 78.1 Å². The van der Waals surface area contributed by atoms with Crippen molar-refractivity contribution in [3.05, 3.63) is 41.6 Å². The lowest BCUT2D eigenvalue weighted by Crippen LogP contribution is -2.48. The summed E-state index contributed by atoms with van der Waals surface area (Å²) in [6.07, 6.45) is 7.24. The number of aromatic amines is 1. The summed E-state index contributed by atoms with van der Waals surface area (Å²) in [7, 11) is 0. The van der Waals surface area contributed by atoms with Gasteiger partial charge in [0.2, 0.25) is 5.91 Å². The van der Waals surface area contributed by atoms with Crippen LogP contribution in [-0.4, -0.2) is 46.0 Å². The fourth-order valence-electron chi connectivity index (χ4n) is 4.51. The van der Waals surface area contributed by atoms with Gasteiger partial charge in [-0.25, -0.2) is 0 Å². The number of rotatable bonds is 4. The highest BCUT2D eigenvalue weighted by molar-refractivity contribution is 5.93. The highest BCUT2D eigenvalue weighted by Crippen LogP contribution is 2.25. The van der Waals surface area contributed by atoms with E-state index in [1.54, 1.807) is 0 Å². The number of aryl methyl sites for hydroxylation is 1. The molecule has 0 spiro atoms. The van der Waals surface area contributed by atoms with Crippen molar-refractivity contribution in [3.63, 3.8) is 0 Å². The zero-order valence-corrected chi connectivity index (χ0v) is 17.1. The maximum atomic E-state index is 12.9. The predicted octanol–water partition coefficient (Wildman–Crippen LogP) is 3.69. The first kappa shape index (κ1) is 19.7.